The summed E-state index contributed by atoms with van der Waals surface area (Å²) in [5.74, 6) is -0.536. The van der Waals surface area contributed by atoms with Gasteiger partial charge in [0.05, 0.1) is 17.0 Å². The van der Waals surface area contributed by atoms with Gasteiger partial charge >= 0.3 is 0 Å². The monoisotopic (exact) mass is 404 g/mol. The number of aryl methyl sites for hydroxylation is 1. The third-order valence-electron chi connectivity index (χ3n) is 5.27. The van der Waals surface area contributed by atoms with Gasteiger partial charge in [-0.1, -0.05) is 29.8 Å². The molecule has 0 N–H and O–H groups in total. The zero-order chi connectivity index (χ0) is 19.9. The van der Waals surface area contributed by atoms with Crippen molar-refractivity contribution in [3.8, 4) is 0 Å². The molecule has 2 aromatic rings. The summed E-state index contributed by atoms with van der Waals surface area (Å²) in [6.45, 7) is 2.48. The van der Waals surface area contributed by atoms with Crippen LogP contribution in [-0.2, 0) is 26.1 Å². The van der Waals surface area contributed by atoms with Crippen LogP contribution in [0.15, 0.2) is 53.4 Å². The minimum absolute atomic E-state index is 0.0826. The molecule has 8 heteroatoms. The van der Waals surface area contributed by atoms with Gasteiger partial charge in [-0.2, -0.15) is 4.31 Å². The number of carbonyl (C=O) groups is 1. The van der Waals surface area contributed by atoms with Crippen LogP contribution in [-0.4, -0.2) is 55.4 Å². The lowest BCUT2D eigenvalue weighted by Crippen LogP contribution is -2.53. The molecule has 28 heavy (non-hydrogen) atoms. The lowest BCUT2D eigenvalue weighted by atomic mass is 10.1. The van der Waals surface area contributed by atoms with Gasteiger partial charge in [0.2, 0.25) is 15.9 Å². The normalized spacial score (nSPS) is 23.1. The van der Waals surface area contributed by atoms with E-state index in [1.165, 1.54) is 16.4 Å². The predicted molar refractivity (Wildman–Crippen MR) is 100 cm³/mol. The summed E-state index contributed by atoms with van der Waals surface area (Å²) in [6, 6.07) is 12.3. The van der Waals surface area contributed by atoms with Crippen molar-refractivity contribution in [3.63, 3.8) is 0 Å². The molecule has 2 heterocycles. The van der Waals surface area contributed by atoms with Crippen molar-refractivity contribution in [2.24, 2.45) is 0 Å². The first-order chi connectivity index (χ1) is 13.3. The van der Waals surface area contributed by atoms with Gasteiger partial charge in [-0.05, 0) is 36.8 Å². The Morgan fingerprint density at radius 3 is 2.43 bits per heavy atom. The first-order valence-electron chi connectivity index (χ1n) is 9.07. The summed E-state index contributed by atoms with van der Waals surface area (Å²) in [5.41, 5.74) is 1.77. The number of fused-ring (bicyclic) bond motifs is 1. The molecule has 2 aromatic carbocycles. The summed E-state index contributed by atoms with van der Waals surface area (Å²) in [6.07, 6.45) is -0.377. The van der Waals surface area contributed by atoms with Crippen LogP contribution in [0, 0.1) is 12.7 Å². The van der Waals surface area contributed by atoms with Crippen LogP contribution in [0.4, 0.5) is 4.39 Å². The highest BCUT2D eigenvalue weighted by Gasteiger charge is 2.46. The van der Waals surface area contributed by atoms with Crippen molar-refractivity contribution in [3.05, 3.63) is 65.5 Å². The Kier molecular flexibility index (Phi) is 4.95. The Hall–Kier alpha value is -2.29. The summed E-state index contributed by atoms with van der Waals surface area (Å²) >= 11 is 0. The summed E-state index contributed by atoms with van der Waals surface area (Å²) in [7, 11) is -3.67. The zero-order valence-corrected chi connectivity index (χ0v) is 16.2. The van der Waals surface area contributed by atoms with Crippen LogP contribution in [0.3, 0.4) is 0 Å². The number of hydrogen-bond donors (Lipinski definition) is 0. The van der Waals surface area contributed by atoms with Crippen molar-refractivity contribution >= 4 is 15.9 Å². The van der Waals surface area contributed by atoms with Gasteiger partial charge in [0, 0.05) is 19.6 Å². The standard InChI is InChI=1S/C20H21FN2O4S/c1-14-2-8-17(9-3-14)28(25,26)22-11-18-19(12-22)27-13-20(24)23(18)10-15-4-6-16(21)7-5-15/h2-9,18-19H,10-13H2,1H3. The molecule has 148 valence electrons. The Bertz CT molecular complexity index is 976. The molecule has 0 saturated carbocycles. The predicted octanol–water partition coefficient (Wildman–Crippen LogP) is 1.93. The molecule has 1 amide bonds. The molecule has 2 saturated heterocycles. The van der Waals surface area contributed by atoms with E-state index in [0.29, 0.717) is 6.54 Å². The van der Waals surface area contributed by atoms with Crippen molar-refractivity contribution in [1.82, 2.24) is 9.21 Å². The van der Waals surface area contributed by atoms with Crippen LogP contribution >= 0.6 is 0 Å². The minimum atomic E-state index is -3.67. The maximum atomic E-state index is 13.2. The fraction of sp³-hybridized carbons (Fsp3) is 0.350. The van der Waals surface area contributed by atoms with E-state index in [0.717, 1.165) is 11.1 Å². The second kappa shape index (κ2) is 7.27. The molecular weight excluding hydrogens is 383 g/mol. The van der Waals surface area contributed by atoms with E-state index in [1.54, 1.807) is 41.3 Å². The number of halogens is 1. The smallest absolute Gasteiger partial charge is 0.249 e. The summed E-state index contributed by atoms with van der Waals surface area (Å²) in [4.78, 5) is 14.3. The fourth-order valence-electron chi connectivity index (χ4n) is 3.68. The van der Waals surface area contributed by atoms with Crippen LogP contribution in [0.2, 0.25) is 0 Å². The van der Waals surface area contributed by atoms with Crippen molar-refractivity contribution in [2.45, 2.75) is 30.5 Å². The molecule has 4 rings (SSSR count). The maximum absolute atomic E-state index is 13.2. The van der Waals surface area contributed by atoms with Gasteiger partial charge in [-0.3, -0.25) is 4.79 Å². The van der Waals surface area contributed by atoms with E-state index in [1.807, 2.05) is 6.92 Å². The largest absolute Gasteiger partial charge is 0.365 e. The molecule has 2 unspecified atom stereocenters. The zero-order valence-electron chi connectivity index (χ0n) is 15.4. The number of hydrogen-bond acceptors (Lipinski definition) is 4. The highest BCUT2D eigenvalue weighted by atomic mass is 32.2. The molecule has 0 radical (unpaired) electrons. The van der Waals surface area contributed by atoms with E-state index in [4.69, 9.17) is 4.74 Å². The third kappa shape index (κ3) is 3.55. The van der Waals surface area contributed by atoms with Crippen molar-refractivity contribution < 1.29 is 22.3 Å². The minimum Gasteiger partial charge on any atom is -0.365 e. The molecule has 0 aromatic heterocycles. The van der Waals surface area contributed by atoms with E-state index < -0.39 is 10.0 Å². The van der Waals surface area contributed by atoms with Crippen molar-refractivity contribution in [2.75, 3.05) is 19.7 Å². The highest BCUT2D eigenvalue weighted by molar-refractivity contribution is 7.89. The molecule has 0 aliphatic carbocycles. The fourth-order valence-corrected chi connectivity index (χ4v) is 5.15. The Labute approximate surface area is 163 Å². The quantitative estimate of drug-likeness (QED) is 0.781. The number of rotatable bonds is 4. The number of ether oxygens (including phenoxy) is 1. The average molecular weight is 404 g/mol. The number of benzene rings is 2. The molecule has 2 fully saturated rings. The molecular formula is C20H21FN2O4S. The number of morpholine rings is 1. The lowest BCUT2D eigenvalue weighted by Gasteiger charge is -2.36. The third-order valence-corrected chi connectivity index (χ3v) is 7.12. The molecule has 2 aliphatic heterocycles. The first kappa shape index (κ1) is 19.0. The van der Waals surface area contributed by atoms with E-state index >= 15 is 0 Å². The lowest BCUT2D eigenvalue weighted by molar-refractivity contribution is -0.153. The van der Waals surface area contributed by atoms with Gasteiger partial charge < -0.3 is 9.64 Å². The van der Waals surface area contributed by atoms with Crippen LogP contribution in [0.5, 0.6) is 0 Å². The SMILES string of the molecule is Cc1ccc(S(=O)(=O)N2CC3OCC(=O)N(Cc4ccc(F)cc4)C3C2)cc1. The molecule has 2 atom stereocenters. The Morgan fingerprint density at radius 1 is 1.07 bits per heavy atom. The Balaban J connectivity index is 1.56. The van der Waals surface area contributed by atoms with Crippen molar-refractivity contribution in [1.29, 1.82) is 0 Å². The molecule has 0 spiro atoms. The topological polar surface area (TPSA) is 66.9 Å². The number of sulfonamides is 1. The number of carbonyl (C=O) groups excluding carboxylic acids is 1. The molecule has 0 bridgehead atoms. The highest BCUT2D eigenvalue weighted by Crippen LogP contribution is 2.29. The van der Waals surface area contributed by atoms with Gasteiger partial charge in [-0.15, -0.1) is 0 Å². The van der Waals surface area contributed by atoms with E-state index in [9.17, 15) is 17.6 Å². The van der Waals surface area contributed by atoms with E-state index in [-0.39, 0.29) is 48.5 Å². The summed E-state index contributed by atoms with van der Waals surface area (Å²) < 4.78 is 46.2. The van der Waals surface area contributed by atoms with Crippen LogP contribution in [0.1, 0.15) is 11.1 Å². The first-order valence-corrected chi connectivity index (χ1v) is 10.5. The second-order valence-electron chi connectivity index (χ2n) is 7.20. The van der Waals surface area contributed by atoms with Gasteiger partial charge in [0.25, 0.3) is 0 Å². The number of amides is 1. The number of nitrogens with zero attached hydrogens (tertiary/aromatic N) is 2. The van der Waals surface area contributed by atoms with Crippen LogP contribution < -0.4 is 0 Å². The van der Waals surface area contributed by atoms with Gasteiger partial charge in [-0.25, -0.2) is 12.8 Å². The van der Waals surface area contributed by atoms with Gasteiger partial charge in [0.1, 0.15) is 12.4 Å². The van der Waals surface area contributed by atoms with Gasteiger partial charge in [0.15, 0.2) is 0 Å². The molecule has 2 aliphatic rings. The average Bonchev–Trinajstić information content (AvgIpc) is 3.11. The van der Waals surface area contributed by atoms with E-state index in [2.05, 4.69) is 0 Å². The maximum Gasteiger partial charge on any atom is 0.249 e. The second-order valence-corrected chi connectivity index (χ2v) is 9.14. The van der Waals surface area contributed by atoms with Crippen LogP contribution in [0.25, 0.3) is 0 Å². The Morgan fingerprint density at radius 2 is 1.75 bits per heavy atom. The molecule has 6 nitrogen and oxygen atoms in total. The summed E-state index contributed by atoms with van der Waals surface area (Å²) in [5, 5.41) is 0.